The topological polar surface area (TPSA) is 163 Å². The van der Waals surface area contributed by atoms with Crippen molar-refractivity contribution in [3.63, 3.8) is 0 Å². The highest BCUT2D eigenvalue weighted by Gasteiger charge is 2.71. The predicted molar refractivity (Wildman–Crippen MR) is 175 cm³/mol. The predicted octanol–water partition coefficient (Wildman–Crippen LogP) is 5.12. The van der Waals surface area contributed by atoms with Gasteiger partial charge in [-0.15, -0.1) is 0 Å². The highest BCUT2D eigenvalue weighted by molar-refractivity contribution is 5.68. The Kier molecular flexibility index (Phi) is 9.04. The number of ether oxygens (including phenoxy) is 4. The number of aliphatic hydroxyl groups excluding tert-OH is 1. The molecule has 2 aromatic heterocycles. The van der Waals surface area contributed by atoms with E-state index in [1.807, 2.05) is 44.2 Å². The number of hydrogen-bond acceptors (Lipinski definition) is 11. The van der Waals surface area contributed by atoms with Crippen molar-refractivity contribution in [3.05, 3.63) is 82.5 Å². The molecule has 8 atom stereocenters. The lowest BCUT2D eigenvalue weighted by atomic mass is 9.42. The van der Waals surface area contributed by atoms with Gasteiger partial charge in [0.2, 0.25) is 0 Å². The van der Waals surface area contributed by atoms with Gasteiger partial charge in [-0.3, -0.25) is 14.6 Å². The molecule has 1 aromatic carbocycles. The van der Waals surface area contributed by atoms with Gasteiger partial charge in [0.25, 0.3) is 0 Å². The minimum Gasteiger partial charge on any atom is -0.482 e. The van der Waals surface area contributed by atoms with Crippen molar-refractivity contribution in [2.75, 3.05) is 6.61 Å². The summed E-state index contributed by atoms with van der Waals surface area (Å²) in [6.45, 7) is 8.46. The van der Waals surface area contributed by atoms with E-state index in [1.165, 1.54) is 13.8 Å². The summed E-state index contributed by atoms with van der Waals surface area (Å²) in [4.78, 5) is 55.6. The molecule has 3 aliphatic rings. The summed E-state index contributed by atoms with van der Waals surface area (Å²) in [5.74, 6) is -1.89. The zero-order valence-electron chi connectivity index (χ0n) is 28.3. The second kappa shape index (κ2) is 13.0. The molecule has 2 saturated carbocycles. The van der Waals surface area contributed by atoms with E-state index in [9.17, 15) is 24.3 Å². The number of hydrogen-bond donors (Lipinski definition) is 2. The highest BCUT2D eigenvalue weighted by atomic mass is 16.6. The van der Waals surface area contributed by atoms with Gasteiger partial charge in [0.05, 0.1) is 6.10 Å². The molecule has 3 heterocycles. The van der Waals surface area contributed by atoms with Crippen LogP contribution in [0.25, 0.3) is 11.3 Å². The van der Waals surface area contributed by atoms with Crippen molar-refractivity contribution in [1.29, 1.82) is 0 Å². The number of carbonyl (C=O) groups excluding carboxylic acids is 3. The molecule has 2 N–H and O–H groups in total. The summed E-state index contributed by atoms with van der Waals surface area (Å²) >= 11 is 0. The molecule has 3 aromatic rings. The third-order valence-corrected chi connectivity index (χ3v) is 11.0. The van der Waals surface area contributed by atoms with Gasteiger partial charge in [-0.1, -0.05) is 44.2 Å². The lowest BCUT2D eigenvalue weighted by molar-refractivity contribution is -0.266. The van der Waals surface area contributed by atoms with Crippen molar-refractivity contribution in [2.24, 2.45) is 22.7 Å². The smallest absolute Gasteiger partial charge is 0.407 e. The van der Waals surface area contributed by atoms with Crippen LogP contribution in [-0.2, 0) is 30.3 Å². The number of nitrogens with zero attached hydrogens (tertiary/aromatic N) is 1. The molecule has 12 nitrogen and oxygen atoms in total. The molecule has 1 amide bonds. The van der Waals surface area contributed by atoms with E-state index < -0.39 is 70.2 Å². The maximum atomic E-state index is 13.6. The van der Waals surface area contributed by atoms with Crippen LogP contribution in [0.2, 0.25) is 0 Å². The molecule has 1 aliphatic heterocycles. The van der Waals surface area contributed by atoms with Crippen molar-refractivity contribution >= 4 is 18.0 Å². The number of esters is 2. The summed E-state index contributed by atoms with van der Waals surface area (Å²) < 4.78 is 30.1. The van der Waals surface area contributed by atoms with Crippen LogP contribution >= 0.6 is 0 Å². The van der Waals surface area contributed by atoms with Gasteiger partial charge in [0.1, 0.15) is 41.5 Å². The largest absolute Gasteiger partial charge is 0.482 e. The maximum absolute atomic E-state index is 13.6. The molecule has 2 aliphatic carbocycles. The van der Waals surface area contributed by atoms with Crippen molar-refractivity contribution < 1.29 is 42.9 Å². The van der Waals surface area contributed by atoms with E-state index >= 15 is 0 Å². The number of nitrogens with one attached hydrogen (secondary N) is 1. The molecule has 0 radical (unpaired) electrons. The molecule has 0 saturated heterocycles. The van der Waals surface area contributed by atoms with E-state index in [2.05, 4.69) is 10.3 Å². The van der Waals surface area contributed by atoms with E-state index in [0.717, 1.165) is 5.56 Å². The SMILES string of the molecule is CC(=O)OC[C@@]1(C)C2C[C@H](OC(=O)NCc3ccccc3)[C@@]3(C)Oc4cc(-c5cccnc5)oc(=O)c4[C@H](O)C3[C@@]2(C)CC[C@@H]1OC(C)=O. The van der Waals surface area contributed by atoms with Gasteiger partial charge < -0.3 is 33.8 Å². The lowest BCUT2D eigenvalue weighted by Crippen LogP contribution is -2.71. The fourth-order valence-corrected chi connectivity index (χ4v) is 8.78. The van der Waals surface area contributed by atoms with E-state index in [4.69, 9.17) is 23.4 Å². The number of carbonyl (C=O) groups is 3. The Morgan fingerprint density at radius 3 is 2.45 bits per heavy atom. The van der Waals surface area contributed by atoms with Gasteiger partial charge >= 0.3 is 23.7 Å². The number of rotatable bonds is 7. The van der Waals surface area contributed by atoms with Crippen molar-refractivity contribution in [1.82, 2.24) is 10.3 Å². The lowest BCUT2D eigenvalue weighted by Gasteiger charge is -2.66. The maximum Gasteiger partial charge on any atom is 0.407 e. The molecule has 6 rings (SSSR count). The number of amides is 1. The van der Waals surface area contributed by atoms with Crippen LogP contribution in [0.4, 0.5) is 4.79 Å². The summed E-state index contributed by atoms with van der Waals surface area (Å²) in [6.07, 6.45) is 0.548. The van der Waals surface area contributed by atoms with Gasteiger partial charge in [0.15, 0.2) is 0 Å². The Morgan fingerprint density at radius 2 is 1.78 bits per heavy atom. The van der Waals surface area contributed by atoms with Gasteiger partial charge in [-0.2, -0.15) is 0 Å². The normalized spacial score (nSPS) is 31.5. The third kappa shape index (κ3) is 6.18. The van der Waals surface area contributed by atoms with E-state index in [0.29, 0.717) is 18.4 Å². The van der Waals surface area contributed by atoms with Crippen LogP contribution in [0, 0.1) is 22.7 Å². The summed E-state index contributed by atoms with van der Waals surface area (Å²) in [6, 6.07) is 14.4. The third-order valence-electron chi connectivity index (χ3n) is 11.0. The van der Waals surface area contributed by atoms with E-state index in [1.54, 1.807) is 37.5 Å². The van der Waals surface area contributed by atoms with Crippen LogP contribution in [0.15, 0.2) is 70.1 Å². The first kappa shape index (κ1) is 34.2. The summed E-state index contributed by atoms with van der Waals surface area (Å²) in [5, 5.41) is 15.1. The average molecular weight is 675 g/mol. The quantitative estimate of drug-likeness (QED) is 0.253. The van der Waals surface area contributed by atoms with Crippen LogP contribution in [-0.4, -0.2) is 52.5 Å². The van der Waals surface area contributed by atoms with Gasteiger partial charge in [-0.05, 0) is 55.2 Å². The van der Waals surface area contributed by atoms with E-state index in [-0.39, 0.29) is 36.6 Å². The number of fused-ring (bicyclic) bond motifs is 4. The Hall–Kier alpha value is -4.71. The molecule has 2 unspecified atom stereocenters. The Morgan fingerprint density at radius 1 is 1.02 bits per heavy atom. The monoisotopic (exact) mass is 674 g/mol. The molecule has 12 heteroatoms. The molecular formula is C37H42N2O10. The minimum atomic E-state index is -1.39. The average Bonchev–Trinajstić information content (AvgIpc) is 3.05. The first-order valence-electron chi connectivity index (χ1n) is 16.5. The van der Waals surface area contributed by atoms with Crippen LogP contribution in [0.1, 0.15) is 71.1 Å². The Labute approximate surface area is 284 Å². The zero-order valence-corrected chi connectivity index (χ0v) is 28.3. The first-order chi connectivity index (χ1) is 23.3. The summed E-state index contributed by atoms with van der Waals surface area (Å²) in [5.41, 5.74) is -2.45. The second-order valence-electron chi connectivity index (χ2n) is 14.1. The Balaban J connectivity index is 1.45. The molecule has 0 spiro atoms. The fourth-order valence-electron chi connectivity index (χ4n) is 8.78. The molecule has 260 valence electrons. The van der Waals surface area contributed by atoms with Crippen LogP contribution < -0.4 is 15.7 Å². The number of aliphatic hydroxyl groups is 1. The molecule has 0 bridgehead atoms. The number of alkyl carbamates (subject to hydrolysis) is 1. The number of benzene rings is 1. The minimum absolute atomic E-state index is 0.0342. The van der Waals surface area contributed by atoms with Crippen LogP contribution in [0.5, 0.6) is 5.75 Å². The standard InChI is InChI=1S/C37H42N2O10/c1-21(40)45-20-36(4)27-17-29(48-34(44)39-18-23-10-7-6-8-11-23)37(5)32(35(27,3)14-13-28(36)46-22(2)41)31(42)30-26(49-37)16-25(47-33(30)43)24-12-9-15-38-19-24/h6-12,15-16,19,27-29,31-32,42H,13-14,17-18,20H2,1-5H3,(H,39,44)/t27?,28-,29-,31-,32?,35-,36-,37+/m0/s1. The number of pyridine rings is 1. The fraction of sp³-hybridized carbons (Fsp3) is 0.486. The molecule has 49 heavy (non-hydrogen) atoms. The Bertz CT molecular complexity index is 1780. The molecular weight excluding hydrogens is 632 g/mol. The van der Waals surface area contributed by atoms with Gasteiger partial charge in [-0.25, -0.2) is 9.59 Å². The second-order valence-corrected chi connectivity index (χ2v) is 14.1. The molecule has 2 fully saturated rings. The van der Waals surface area contributed by atoms with Crippen molar-refractivity contribution in [3.8, 4) is 17.1 Å². The van der Waals surface area contributed by atoms with Crippen LogP contribution in [0.3, 0.4) is 0 Å². The highest BCUT2D eigenvalue weighted by Crippen LogP contribution is 2.67. The first-order valence-corrected chi connectivity index (χ1v) is 16.5. The zero-order chi connectivity index (χ0) is 35.1. The number of aromatic nitrogens is 1. The van der Waals surface area contributed by atoms with Crippen molar-refractivity contribution in [2.45, 2.75) is 84.3 Å². The summed E-state index contributed by atoms with van der Waals surface area (Å²) in [7, 11) is 0. The van der Waals surface area contributed by atoms with Gasteiger partial charge in [0, 0.05) is 55.7 Å².